The van der Waals surface area contributed by atoms with E-state index in [9.17, 15) is 4.79 Å². The molecule has 0 saturated carbocycles. The van der Waals surface area contributed by atoms with E-state index in [0.29, 0.717) is 11.9 Å². The van der Waals surface area contributed by atoms with E-state index in [4.69, 9.17) is 5.73 Å². The molecular weight excluding hydrogens is 270 g/mol. The predicted molar refractivity (Wildman–Crippen MR) is 69.6 cm³/mol. The van der Waals surface area contributed by atoms with Gasteiger partial charge in [-0.25, -0.2) is 0 Å². The van der Waals surface area contributed by atoms with E-state index in [1.165, 1.54) is 5.56 Å². The summed E-state index contributed by atoms with van der Waals surface area (Å²) in [5, 5.41) is 6.28. The molecule has 0 atom stereocenters. The van der Waals surface area contributed by atoms with E-state index in [2.05, 4.69) is 26.6 Å². The fourth-order valence-electron chi connectivity index (χ4n) is 1.24. The van der Waals surface area contributed by atoms with Gasteiger partial charge in [-0.2, -0.15) is 0 Å². The van der Waals surface area contributed by atoms with Gasteiger partial charge in [-0.15, -0.1) is 0 Å². The summed E-state index contributed by atoms with van der Waals surface area (Å²) < 4.78 is 0. The maximum atomic E-state index is 11.1. The third-order valence-electron chi connectivity index (χ3n) is 2.01. The summed E-state index contributed by atoms with van der Waals surface area (Å²) in [6, 6.07) is 7.74. The van der Waals surface area contributed by atoms with E-state index in [-0.39, 0.29) is 5.91 Å². The first-order valence-electron chi connectivity index (χ1n) is 5.12. The van der Waals surface area contributed by atoms with Gasteiger partial charge in [0.2, 0.25) is 5.91 Å². The van der Waals surface area contributed by atoms with Crippen LogP contribution < -0.4 is 16.4 Å². The van der Waals surface area contributed by atoms with Crippen molar-refractivity contribution in [2.75, 3.05) is 23.7 Å². The average molecular weight is 286 g/mol. The molecule has 1 amide bonds. The Balaban J connectivity index is 2.44. The second kappa shape index (κ2) is 7.38. The molecular formula is C11H16BrN3O. The van der Waals surface area contributed by atoms with Crippen LogP contribution in [-0.4, -0.2) is 24.3 Å². The van der Waals surface area contributed by atoms with Crippen molar-refractivity contribution in [1.82, 2.24) is 5.32 Å². The lowest BCUT2D eigenvalue weighted by atomic mass is 10.2. The van der Waals surface area contributed by atoms with Crippen LogP contribution >= 0.6 is 15.9 Å². The number of benzene rings is 1. The molecule has 88 valence electrons. The standard InChI is InChI=1S/C11H16BrN3O/c12-7-11(16)15-10-3-1-9(2-4-10)8-14-6-5-13/h1-4,14H,5-8,13H2,(H,15,16). The van der Waals surface area contributed by atoms with Gasteiger partial charge >= 0.3 is 0 Å². The highest BCUT2D eigenvalue weighted by Crippen LogP contribution is 2.09. The van der Waals surface area contributed by atoms with Gasteiger partial charge in [0.25, 0.3) is 0 Å². The quantitative estimate of drug-likeness (QED) is 0.541. The third-order valence-corrected chi connectivity index (χ3v) is 2.52. The molecule has 0 aromatic heterocycles. The van der Waals surface area contributed by atoms with Crippen molar-refractivity contribution in [3.05, 3.63) is 29.8 Å². The molecule has 0 aliphatic carbocycles. The molecule has 0 spiro atoms. The summed E-state index contributed by atoms with van der Waals surface area (Å²) in [6.07, 6.45) is 0. The molecule has 0 fully saturated rings. The van der Waals surface area contributed by atoms with E-state index >= 15 is 0 Å². The van der Waals surface area contributed by atoms with Crippen LogP contribution in [0.4, 0.5) is 5.69 Å². The third kappa shape index (κ3) is 4.74. The molecule has 4 N–H and O–H groups in total. The number of hydrogen-bond donors (Lipinski definition) is 3. The van der Waals surface area contributed by atoms with Crippen molar-refractivity contribution >= 4 is 27.5 Å². The van der Waals surface area contributed by atoms with Crippen molar-refractivity contribution in [3.8, 4) is 0 Å². The lowest BCUT2D eigenvalue weighted by Crippen LogP contribution is -2.21. The van der Waals surface area contributed by atoms with Crippen LogP contribution in [0.3, 0.4) is 0 Å². The van der Waals surface area contributed by atoms with E-state index < -0.39 is 0 Å². The molecule has 0 aliphatic rings. The van der Waals surface area contributed by atoms with Gasteiger partial charge in [0.1, 0.15) is 0 Å². The zero-order valence-corrected chi connectivity index (χ0v) is 10.6. The highest BCUT2D eigenvalue weighted by molar-refractivity contribution is 9.09. The Morgan fingerprint density at radius 1 is 1.31 bits per heavy atom. The molecule has 0 unspecified atom stereocenters. The van der Waals surface area contributed by atoms with Crippen molar-refractivity contribution in [3.63, 3.8) is 0 Å². The number of amides is 1. The minimum atomic E-state index is -0.0472. The maximum Gasteiger partial charge on any atom is 0.235 e. The van der Waals surface area contributed by atoms with Crippen LogP contribution in [-0.2, 0) is 11.3 Å². The second-order valence-electron chi connectivity index (χ2n) is 3.34. The van der Waals surface area contributed by atoms with Crippen LogP contribution in [0.15, 0.2) is 24.3 Å². The van der Waals surface area contributed by atoms with Gasteiger partial charge in [0.15, 0.2) is 0 Å². The summed E-state index contributed by atoms with van der Waals surface area (Å²) in [5.41, 5.74) is 7.36. The Morgan fingerprint density at radius 2 is 2.00 bits per heavy atom. The molecule has 0 heterocycles. The summed E-state index contributed by atoms with van der Waals surface area (Å²) in [7, 11) is 0. The molecule has 0 radical (unpaired) electrons. The van der Waals surface area contributed by atoms with Gasteiger partial charge in [0, 0.05) is 25.3 Å². The largest absolute Gasteiger partial charge is 0.329 e. The zero-order chi connectivity index (χ0) is 11.8. The molecule has 0 saturated heterocycles. The minimum absolute atomic E-state index is 0.0472. The van der Waals surface area contributed by atoms with Crippen LogP contribution in [0.1, 0.15) is 5.56 Å². The number of carbonyl (C=O) groups excluding carboxylic acids is 1. The average Bonchev–Trinajstić information content (AvgIpc) is 2.31. The summed E-state index contributed by atoms with van der Waals surface area (Å²) in [5.74, 6) is -0.0472. The lowest BCUT2D eigenvalue weighted by Gasteiger charge is -2.06. The topological polar surface area (TPSA) is 67.2 Å². The molecule has 16 heavy (non-hydrogen) atoms. The number of halogens is 1. The number of nitrogens with one attached hydrogen (secondary N) is 2. The number of anilines is 1. The Hall–Kier alpha value is -0.910. The van der Waals surface area contributed by atoms with E-state index in [1.54, 1.807) is 0 Å². The molecule has 5 heteroatoms. The van der Waals surface area contributed by atoms with Crippen molar-refractivity contribution in [2.24, 2.45) is 5.73 Å². The van der Waals surface area contributed by atoms with Gasteiger partial charge < -0.3 is 16.4 Å². The van der Waals surface area contributed by atoms with E-state index in [0.717, 1.165) is 18.8 Å². The predicted octanol–water partition coefficient (Wildman–Crippen LogP) is 1.07. The molecule has 0 bridgehead atoms. The Bertz CT molecular complexity index is 327. The fraction of sp³-hybridized carbons (Fsp3) is 0.364. The maximum absolute atomic E-state index is 11.1. The highest BCUT2D eigenvalue weighted by Gasteiger charge is 1.99. The number of nitrogens with two attached hydrogens (primary N) is 1. The van der Waals surface area contributed by atoms with Crippen molar-refractivity contribution < 1.29 is 4.79 Å². The monoisotopic (exact) mass is 285 g/mol. The van der Waals surface area contributed by atoms with Gasteiger partial charge in [0.05, 0.1) is 5.33 Å². The normalized spacial score (nSPS) is 10.1. The van der Waals surface area contributed by atoms with Crippen LogP contribution in [0, 0.1) is 0 Å². The van der Waals surface area contributed by atoms with Crippen LogP contribution in [0.2, 0.25) is 0 Å². The number of carbonyl (C=O) groups is 1. The smallest absolute Gasteiger partial charge is 0.235 e. The van der Waals surface area contributed by atoms with Gasteiger partial charge in [-0.3, -0.25) is 4.79 Å². The van der Waals surface area contributed by atoms with Crippen LogP contribution in [0.5, 0.6) is 0 Å². The Kier molecular flexibility index (Phi) is 6.07. The summed E-state index contributed by atoms with van der Waals surface area (Å²) >= 11 is 3.09. The number of alkyl halides is 1. The molecule has 4 nitrogen and oxygen atoms in total. The molecule has 0 aliphatic heterocycles. The first-order chi connectivity index (χ1) is 7.76. The number of hydrogen-bond acceptors (Lipinski definition) is 3. The molecule has 1 rings (SSSR count). The zero-order valence-electron chi connectivity index (χ0n) is 9.00. The van der Waals surface area contributed by atoms with Gasteiger partial charge in [-0.05, 0) is 17.7 Å². The van der Waals surface area contributed by atoms with Crippen molar-refractivity contribution in [1.29, 1.82) is 0 Å². The SMILES string of the molecule is NCCNCc1ccc(NC(=O)CBr)cc1. The summed E-state index contributed by atoms with van der Waals surface area (Å²) in [6.45, 7) is 2.24. The minimum Gasteiger partial charge on any atom is -0.329 e. The Morgan fingerprint density at radius 3 is 2.56 bits per heavy atom. The highest BCUT2D eigenvalue weighted by atomic mass is 79.9. The van der Waals surface area contributed by atoms with Gasteiger partial charge in [-0.1, -0.05) is 28.1 Å². The Labute approximate surface area is 104 Å². The first kappa shape index (κ1) is 13.2. The molecule has 1 aromatic rings. The fourth-order valence-corrected chi connectivity index (χ4v) is 1.38. The first-order valence-corrected chi connectivity index (χ1v) is 6.24. The van der Waals surface area contributed by atoms with E-state index in [1.807, 2.05) is 24.3 Å². The summed E-state index contributed by atoms with van der Waals surface area (Å²) in [4.78, 5) is 11.1. The molecule has 1 aromatic carbocycles. The van der Waals surface area contributed by atoms with Crippen LogP contribution in [0.25, 0.3) is 0 Å². The van der Waals surface area contributed by atoms with Crippen molar-refractivity contribution in [2.45, 2.75) is 6.54 Å². The lowest BCUT2D eigenvalue weighted by molar-refractivity contribution is -0.113. The number of rotatable bonds is 6. The second-order valence-corrected chi connectivity index (χ2v) is 3.90.